The maximum Gasteiger partial charge on any atom is 0.389 e. The number of hydrogen-bond donors (Lipinski definition) is 1. The standard InChI is InChI=1S/C2H2N4O/c3-1-4-2(7)6-5-1/h(H2,3,4,7). The Bertz CT molecular complexity index is 157. The summed E-state index contributed by atoms with van der Waals surface area (Å²) in [5, 5.41) is 6.09. The fraction of sp³-hybridized carbons (Fsp3) is 0. The van der Waals surface area contributed by atoms with Gasteiger partial charge in [-0.25, -0.2) is 4.79 Å². The average Bonchev–Trinajstić information content (AvgIpc) is 1.87. The predicted octanol–water partition coefficient (Wildman–Crippen LogP) is -0.113. The van der Waals surface area contributed by atoms with Gasteiger partial charge in [-0.1, -0.05) is 5.11 Å². The fourth-order valence-electron chi connectivity index (χ4n) is 0.237. The van der Waals surface area contributed by atoms with Crippen molar-refractivity contribution in [1.82, 2.24) is 0 Å². The molecule has 0 atom stereocenters. The molecule has 1 aliphatic heterocycles. The van der Waals surface area contributed by atoms with Crippen LogP contribution in [-0.2, 0) is 0 Å². The van der Waals surface area contributed by atoms with E-state index in [4.69, 9.17) is 5.73 Å². The van der Waals surface area contributed by atoms with Crippen molar-refractivity contribution in [2.24, 2.45) is 21.0 Å². The van der Waals surface area contributed by atoms with Gasteiger partial charge >= 0.3 is 6.03 Å². The highest BCUT2D eigenvalue weighted by atomic mass is 16.2. The van der Waals surface area contributed by atoms with Gasteiger partial charge < -0.3 is 5.73 Å². The lowest BCUT2D eigenvalue weighted by Gasteiger charge is -1.68. The van der Waals surface area contributed by atoms with E-state index in [0.29, 0.717) is 0 Å². The highest BCUT2D eigenvalue weighted by Gasteiger charge is 2.03. The second kappa shape index (κ2) is 1.11. The molecule has 0 radical (unpaired) electrons. The van der Waals surface area contributed by atoms with Gasteiger partial charge in [0.15, 0.2) is 0 Å². The maximum absolute atomic E-state index is 9.93. The van der Waals surface area contributed by atoms with Crippen molar-refractivity contribution in [2.45, 2.75) is 0 Å². The monoisotopic (exact) mass is 98.0 g/mol. The van der Waals surface area contributed by atoms with E-state index in [1.807, 2.05) is 0 Å². The topological polar surface area (TPSA) is 80.2 Å². The van der Waals surface area contributed by atoms with E-state index in [9.17, 15) is 4.79 Å². The van der Waals surface area contributed by atoms with Crippen LogP contribution >= 0.6 is 0 Å². The first-order valence-corrected chi connectivity index (χ1v) is 1.59. The van der Waals surface area contributed by atoms with Crippen LogP contribution < -0.4 is 5.73 Å². The smallest absolute Gasteiger partial charge is 0.366 e. The van der Waals surface area contributed by atoms with Crippen LogP contribution in [0.4, 0.5) is 4.79 Å². The number of amides is 2. The van der Waals surface area contributed by atoms with Crippen molar-refractivity contribution in [3.05, 3.63) is 0 Å². The zero-order valence-electron chi connectivity index (χ0n) is 3.33. The summed E-state index contributed by atoms with van der Waals surface area (Å²) < 4.78 is 0. The zero-order valence-corrected chi connectivity index (χ0v) is 3.33. The van der Waals surface area contributed by atoms with Gasteiger partial charge in [0, 0.05) is 0 Å². The Morgan fingerprint density at radius 1 is 1.43 bits per heavy atom. The normalized spacial score (nSPS) is 17.7. The first kappa shape index (κ1) is 3.91. The SMILES string of the molecule is NC1=NC(=O)N=N1. The van der Waals surface area contributed by atoms with Crippen LogP contribution in [0.25, 0.3) is 0 Å². The van der Waals surface area contributed by atoms with Gasteiger partial charge in [0.1, 0.15) is 0 Å². The average molecular weight is 98.1 g/mol. The molecule has 0 aromatic carbocycles. The molecule has 2 amide bonds. The van der Waals surface area contributed by atoms with E-state index < -0.39 is 6.03 Å². The lowest BCUT2D eigenvalue weighted by atomic mass is 11.0. The summed E-state index contributed by atoms with van der Waals surface area (Å²) in [4.78, 5) is 13.0. The molecule has 2 N–H and O–H groups in total. The minimum Gasteiger partial charge on any atom is -0.366 e. The number of carbonyl (C=O) groups is 1. The van der Waals surface area contributed by atoms with Crippen LogP contribution in [0.1, 0.15) is 0 Å². The summed E-state index contributed by atoms with van der Waals surface area (Å²) >= 11 is 0. The lowest BCUT2D eigenvalue weighted by Crippen LogP contribution is -2.03. The molecule has 5 heteroatoms. The molecule has 0 aromatic rings. The van der Waals surface area contributed by atoms with Gasteiger partial charge in [-0.15, -0.1) is 5.11 Å². The first-order valence-electron chi connectivity index (χ1n) is 1.59. The Kier molecular flexibility index (Phi) is 0.619. The van der Waals surface area contributed by atoms with Crippen molar-refractivity contribution >= 4 is 12.0 Å². The number of aliphatic imine (C=N–C) groups is 1. The van der Waals surface area contributed by atoms with Gasteiger partial charge in [-0.05, 0) is 0 Å². The fourth-order valence-corrected chi connectivity index (χ4v) is 0.237. The Morgan fingerprint density at radius 3 is 2.29 bits per heavy atom. The van der Waals surface area contributed by atoms with E-state index in [-0.39, 0.29) is 5.96 Å². The molecule has 0 fully saturated rings. The number of nitrogens with two attached hydrogens (primary N) is 1. The molecular weight excluding hydrogens is 96.0 g/mol. The van der Waals surface area contributed by atoms with E-state index in [1.54, 1.807) is 0 Å². The number of nitrogens with zero attached hydrogens (tertiary/aromatic N) is 3. The summed E-state index contributed by atoms with van der Waals surface area (Å²) in [6.45, 7) is 0. The molecule has 0 aliphatic carbocycles. The molecule has 0 spiro atoms. The van der Waals surface area contributed by atoms with Crippen LogP contribution in [0.5, 0.6) is 0 Å². The number of hydrogen-bond acceptors (Lipinski definition) is 3. The molecule has 0 bridgehead atoms. The molecule has 7 heavy (non-hydrogen) atoms. The molecule has 1 rings (SSSR count). The first-order chi connectivity index (χ1) is 3.29. The number of carbonyl (C=O) groups excluding carboxylic acids is 1. The van der Waals surface area contributed by atoms with Crippen molar-refractivity contribution < 1.29 is 4.79 Å². The molecule has 0 aromatic heterocycles. The van der Waals surface area contributed by atoms with E-state index in [1.165, 1.54) is 0 Å². The molecule has 0 unspecified atom stereocenters. The molecule has 1 heterocycles. The molecule has 5 nitrogen and oxygen atoms in total. The molecule has 0 saturated heterocycles. The summed E-state index contributed by atoms with van der Waals surface area (Å²) in [7, 11) is 0. The van der Waals surface area contributed by atoms with E-state index >= 15 is 0 Å². The highest BCUT2D eigenvalue weighted by Crippen LogP contribution is 1.91. The molecule has 1 aliphatic rings. The predicted molar refractivity (Wildman–Crippen MR) is 21.9 cm³/mol. The van der Waals surface area contributed by atoms with Gasteiger partial charge in [0.25, 0.3) is 0 Å². The second-order valence-corrected chi connectivity index (χ2v) is 0.953. The summed E-state index contributed by atoms with van der Waals surface area (Å²) in [6, 6.07) is -0.627. The third kappa shape index (κ3) is 0.594. The van der Waals surface area contributed by atoms with E-state index in [2.05, 4.69) is 15.2 Å². The third-order valence-electron chi connectivity index (χ3n) is 0.448. The zero-order chi connectivity index (χ0) is 5.28. The van der Waals surface area contributed by atoms with Gasteiger partial charge in [-0.3, -0.25) is 0 Å². The van der Waals surface area contributed by atoms with Gasteiger partial charge in [0.2, 0.25) is 5.96 Å². The number of urea groups is 1. The van der Waals surface area contributed by atoms with Crippen LogP contribution in [-0.4, -0.2) is 12.0 Å². The van der Waals surface area contributed by atoms with Crippen molar-refractivity contribution in [1.29, 1.82) is 0 Å². The lowest BCUT2D eigenvalue weighted by molar-refractivity contribution is 0.257. The van der Waals surface area contributed by atoms with Crippen LogP contribution in [0, 0.1) is 0 Å². The van der Waals surface area contributed by atoms with Crippen LogP contribution in [0.15, 0.2) is 15.2 Å². The van der Waals surface area contributed by atoms with Gasteiger partial charge in [-0.2, -0.15) is 4.99 Å². The van der Waals surface area contributed by atoms with Crippen LogP contribution in [0.2, 0.25) is 0 Å². The molecule has 36 valence electrons. The Hall–Kier alpha value is -1.26. The van der Waals surface area contributed by atoms with Crippen molar-refractivity contribution in [3.63, 3.8) is 0 Å². The Balaban J connectivity index is 2.88. The van der Waals surface area contributed by atoms with Crippen LogP contribution in [0.3, 0.4) is 0 Å². The maximum atomic E-state index is 9.93. The minimum atomic E-state index is -0.627. The third-order valence-corrected chi connectivity index (χ3v) is 0.448. The Morgan fingerprint density at radius 2 is 2.14 bits per heavy atom. The molecular formula is C2H2N4O. The highest BCUT2D eigenvalue weighted by molar-refractivity contribution is 5.96. The van der Waals surface area contributed by atoms with Crippen molar-refractivity contribution in [2.75, 3.05) is 0 Å². The summed E-state index contributed by atoms with van der Waals surface area (Å²) in [6.07, 6.45) is 0. The quantitative estimate of drug-likeness (QED) is 0.458. The van der Waals surface area contributed by atoms with E-state index in [0.717, 1.165) is 0 Å². The summed E-state index contributed by atoms with van der Waals surface area (Å²) in [5.41, 5.74) is 4.89. The number of rotatable bonds is 0. The minimum absolute atomic E-state index is 0.0648. The van der Waals surface area contributed by atoms with Gasteiger partial charge in [0.05, 0.1) is 0 Å². The summed E-state index contributed by atoms with van der Waals surface area (Å²) in [5.74, 6) is -0.0648. The largest absolute Gasteiger partial charge is 0.389 e. The molecule has 0 saturated carbocycles. The van der Waals surface area contributed by atoms with Crippen molar-refractivity contribution in [3.8, 4) is 0 Å². The number of azo groups is 1. The number of guanidine groups is 1. The Labute approximate surface area is 38.9 Å². The second-order valence-electron chi connectivity index (χ2n) is 0.953.